The summed E-state index contributed by atoms with van der Waals surface area (Å²) >= 11 is 0. The number of hydrogen-bond acceptors (Lipinski definition) is 6. The minimum atomic E-state index is 0.244. The van der Waals surface area contributed by atoms with E-state index in [0.717, 1.165) is 0 Å². The van der Waals surface area contributed by atoms with Gasteiger partial charge in [-0.3, -0.25) is 0 Å². The van der Waals surface area contributed by atoms with Crippen molar-refractivity contribution in [2.24, 2.45) is 15.0 Å². The molecule has 0 saturated carbocycles. The third kappa shape index (κ3) is 2.48. The van der Waals surface area contributed by atoms with E-state index in [0.29, 0.717) is 11.1 Å². The van der Waals surface area contributed by atoms with Crippen LogP contribution in [0.3, 0.4) is 0 Å². The second-order valence-electron chi connectivity index (χ2n) is 3.12. The number of rotatable bonds is 3. The Morgan fingerprint density at radius 2 is 1.24 bits per heavy atom. The van der Waals surface area contributed by atoms with Gasteiger partial charge >= 0.3 is 0 Å². The summed E-state index contributed by atoms with van der Waals surface area (Å²) in [6.07, 6.45) is 4.15. The van der Waals surface area contributed by atoms with Crippen molar-refractivity contribution in [1.82, 2.24) is 0 Å². The normalized spacial score (nSPS) is 8.59. The second-order valence-corrected chi connectivity index (χ2v) is 3.12. The summed E-state index contributed by atoms with van der Waals surface area (Å²) in [7, 11) is 0. The molecular formula is C11H7N3O3. The van der Waals surface area contributed by atoms with Gasteiger partial charge in [-0.05, 0) is 19.9 Å². The van der Waals surface area contributed by atoms with E-state index in [1.165, 1.54) is 24.3 Å². The van der Waals surface area contributed by atoms with Crippen LogP contribution in [-0.4, -0.2) is 18.2 Å². The molecule has 1 rings (SSSR count). The van der Waals surface area contributed by atoms with E-state index in [9.17, 15) is 14.4 Å². The molecule has 0 bridgehead atoms. The Labute approximate surface area is 96.4 Å². The van der Waals surface area contributed by atoms with Crippen molar-refractivity contribution in [3.63, 3.8) is 0 Å². The molecule has 6 nitrogen and oxygen atoms in total. The summed E-state index contributed by atoms with van der Waals surface area (Å²) in [5, 5.41) is 0. The second kappa shape index (κ2) is 5.45. The number of benzene rings is 1. The topological polar surface area (TPSA) is 88.3 Å². The van der Waals surface area contributed by atoms with Crippen molar-refractivity contribution in [1.29, 1.82) is 0 Å². The van der Waals surface area contributed by atoms with Crippen LogP contribution in [0.25, 0.3) is 0 Å². The quantitative estimate of drug-likeness (QED) is 0.587. The maximum atomic E-state index is 10.3. The zero-order chi connectivity index (χ0) is 12.8. The Morgan fingerprint density at radius 1 is 0.824 bits per heavy atom. The van der Waals surface area contributed by atoms with Crippen LogP contribution in [0.2, 0.25) is 0 Å². The number of isocyanates is 3. The molecule has 0 spiro atoms. The predicted octanol–water partition coefficient (Wildman–Crippen LogP) is 2.21. The van der Waals surface area contributed by atoms with Crippen molar-refractivity contribution in [2.45, 2.75) is 13.8 Å². The first-order valence-electron chi connectivity index (χ1n) is 4.53. The summed E-state index contributed by atoms with van der Waals surface area (Å²) in [6.45, 7) is 3.27. The lowest BCUT2D eigenvalue weighted by atomic mass is 10.1. The first-order valence-corrected chi connectivity index (χ1v) is 4.53. The molecule has 0 atom stereocenters. The van der Waals surface area contributed by atoms with E-state index >= 15 is 0 Å². The Morgan fingerprint density at radius 3 is 1.59 bits per heavy atom. The molecule has 0 aliphatic heterocycles. The lowest BCUT2D eigenvalue weighted by Crippen LogP contribution is -1.83. The zero-order valence-corrected chi connectivity index (χ0v) is 9.14. The monoisotopic (exact) mass is 229 g/mol. The van der Waals surface area contributed by atoms with Crippen LogP contribution in [0.5, 0.6) is 0 Å². The number of nitrogens with zero attached hydrogens (tertiary/aromatic N) is 3. The lowest BCUT2D eigenvalue weighted by molar-refractivity contribution is 0.564. The SMILES string of the molecule is Cc1c(N=C=O)cc(N=C=O)c(C)c1N=C=O. The van der Waals surface area contributed by atoms with Crippen molar-refractivity contribution < 1.29 is 14.4 Å². The molecule has 0 unspecified atom stereocenters. The fourth-order valence-corrected chi connectivity index (χ4v) is 1.41. The van der Waals surface area contributed by atoms with E-state index < -0.39 is 0 Å². The molecule has 0 aliphatic carbocycles. The summed E-state index contributed by atoms with van der Waals surface area (Å²) in [5.41, 5.74) is 1.80. The molecule has 0 heterocycles. The van der Waals surface area contributed by atoms with Crippen LogP contribution in [0.1, 0.15) is 11.1 Å². The molecule has 0 radical (unpaired) electrons. The molecule has 6 heteroatoms. The predicted molar refractivity (Wildman–Crippen MR) is 59.3 cm³/mol. The zero-order valence-electron chi connectivity index (χ0n) is 9.14. The number of carbonyl (C=O) groups excluding carboxylic acids is 3. The fraction of sp³-hybridized carbons (Fsp3) is 0.182. The number of hydrogen-bond donors (Lipinski definition) is 0. The third-order valence-electron chi connectivity index (χ3n) is 2.24. The molecule has 0 aromatic heterocycles. The summed E-state index contributed by atoms with van der Waals surface area (Å²) < 4.78 is 0. The Bertz CT molecular complexity index is 561. The maximum Gasteiger partial charge on any atom is 0.240 e. The van der Waals surface area contributed by atoms with E-state index in [4.69, 9.17) is 0 Å². The van der Waals surface area contributed by atoms with Gasteiger partial charge in [-0.2, -0.15) is 15.0 Å². The average Bonchev–Trinajstić information content (AvgIpc) is 2.31. The lowest BCUT2D eigenvalue weighted by Gasteiger charge is -2.07. The van der Waals surface area contributed by atoms with Crippen LogP contribution in [0, 0.1) is 13.8 Å². The van der Waals surface area contributed by atoms with E-state index in [2.05, 4.69) is 15.0 Å². The minimum absolute atomic E-state index is 0.244. The molecule has 17 heavy (non-hydrogen) atoms. The first-order chi connectivity index (χ1) is 8.15. The molecule has 0 aliphatic rings. The van der Waals surface area contributed by atoms with Gasteiger partial charge in [0.1, 0.15) is 0 Å². The molecule has 0 saturated heterocycles. The van der Waals surface area contributed by atoms with Gasteiger partial charge in [0.05, 0.1) is 17.1 Å². The van der Waals surface area contributed by atoms with Gasteiger partial charge in [0.25, 0.3) is 0 Å². The molecule has 0 amide bonds. The first kappa shape index (κ1) is 12.4. The van der Waals surface area contributed by atoms with Gasteiger partial charge in [-0.1, -0.05) is 0 Å². The minimum Gasteiger partial charge on any atom is -0.211 e. The molecule has 1 aromatic carbocycles. The van der Waals surface area contributed by atoms with E-state index in [1.54, 1.807) is 13.8 Å². The highest BCUT2D eigenvalue weighted by Gasteiger charge is 2.11. The Kier molecular flexibility index (Phi) is 3.98. The summed E-state index contributed by atoms with van der Waals surface area (Å²) in [6, 6.07) is 1.42. The van der Waals surface area contributed by atoms with Gasteiger partial charge in [0.2, 0.25) is 18.2 Å². The highest BCUT2D eigenvalue weighted by molar-refractivity contribution is 5.76. The smallest absolute Gasteiger partial charge is 0.211 e. The van der Waals surface area contributed by atoms with Crippen molar-refractivity contribution >= 4 is 35.3 Å². The van der Waals surface area contributed by atoms with E-state index in [1.807, 2.05) is 0 Å². The van der Waals surface area contributed by atoms with Crippen LogP contribution in [0.15, 0.2) is 21.0 Å². The molecule has 0 fully saturated rings. The fourth-order valence-electron chi connectivity index (χ4n) is 1.41. The molecular weight excluding hydrogens is 222 g/mol. The molecule has 84 valence electrons. The Hall–Kier alpha value is -2.64. The van der Waals surface area contributed by atoms with Crippen molar-refractivity contribution in [2.75, 3.05) is 0 Å². The van der Waals surface area contributed by atoms with E-state index in [-0.39, 0.29) is 17.1 Å². The van der Waals surface area contributed by atoms with Gasteiger partial charge < -0.3 is 0 Å². The third-order valence-corrected chi connectivity index (χ3v) is 2.24. The summed E-state index contributed by atoms with van der Waals surface area (Å²) in [4.78, 5) is 41.2. The highest BCUT2D eigenvalue weighted by Crippen LogP contribution is 2.37. The van der Waals surface area contributed by atoms with Crippen LogP contribution < -0.4 is 0 Å². The highest BCUT2D eigenvalue weighted by atomic mass is 16.1. The summed E-state index contributed by atoms with van der Waals surface area (Å²) in [5.74, 6) is 0. The number of aliphatic imine (C=N–C) groups is 3. The van der Waals surface area contributed by atoms with Crippen LogP contribution in [-0.2, 0) is 14.4 Å². The van der Waals surface area contributed by atoms with Crippen LogP contribution in [0.4, 0.5) is 17.1 Å². The van der Waals surface area contributed by atoms with Gasteiger partial charge in [0.15, 0.2) is 0 Å². The molecule has 1 aromatic rings. The standard InChI is InChI=1S/C11H7N3O3/c1-7-9(12-4-15)3-10(13-5-16)8(2)11(7)14-6-17/h3H,1-2H3. The largest absolute Gasteiger partial charge is 0.240 e. The van der Waals surface area contributed by atoms with Crippen molar-refractivity contribution in [3.8, 4) is 0 Å². The van der Waals surface area contributed by atoms with Crippen LogP contribution >= 0.6 is 0 Å². The average molecular weight is 229 g/mol. The van der Waals surface area contributed by atoms with Gasteiger partial charge in [-0.25, -0.2) is 14.4 Å². The van der Waals surface area contributed by atoms with Crippen molar-refractivity contribution in [3.05, 3.63) is 17.2 Å². The van der Waals surface area contributed by atoms with Gasteiger partial charge in [0, 0.05) is 11.1 Å². The van der Waals surface area contributed by atoms with Gasteiger partial charge in [-0.15, -0.1) is 0 Å². The Balaban J connectivity index is 3.73. The maximum absolute atomic E-state index is 10.3. The molecule has 0 N–H and O–H groups in total.